The Kier molecular flexibility index (Phi) is 4.66. The van der Waals surface area contributed by atoms with Gasteiger partial charge >= 0.3 is 0 Å². The van der Waals surface area contributed by atoms with E-state index in [0.717, 1.165) is 25.2 Å². The lowest BCUT2D eigenvalue weighted by atomic mass is 9.79. The second-order valence-electron chi connectivity index (χ2n) is 5.96. The van der Waals surface area contributed by atoms with Gasteiger partial charge in [-0.15, -0.1) is 0 Å². The van der Waals surface area contributed by atoms with Crippen LogP contribution >= 0.6 is 0 Å². The van der Waals surface area contributed by atoms with E-state index in [9.17, 15) is 4.79 Å². The maximum absolute atomic E-state index is 12.5. The van der Waals surface area contributed by atoms with Crippen LogP contribution in [0.1, 0.15) is 65.7 Å². The molecule has 1 saturated heterocycles. The first kappa shape index (κ1) is 13.9. The van der Waals surface area contributed by atoms with Crippen LogP contribution in [0.15, 0.2) is 0 Å². The average Bonchev–Trinajstić information content (AvgIpc) is 2.60. The first-order valence-electron chi connectivity index (χ1n) is 7.77. The zero-order valence-corrected chi connectivity index (χ0v) is 12.1. The van der Waals surface area contributed by atoms with Gasteiger partial charge < -0.3 is 4.90 Å². The first-order valence-corrected chi connectivity index (χ1v) is 7.77. The molecule has 1 heterocycles. The van der Waals surface area contributed by atoms with Crippen LogP contribution in [-0.4, -0.2) is 29.1 Å². The lowest BCUT2D eigenvalue weighted by Gasteiger charge is -2.39. The lowest BCUT2D eigenvalue weighted by Crippen LogP contribution is -2.47. The standard InChI is InChI=1S/C15H28N2O/c1-4-6-10-13-15(18)17(14(5-2)16-13)11(3)12-8-7-9-12/h11-14,16H,4-10H2,1-3H3. The number of unbranched alkanes of at least 4 members (excludes halogenated alkanes) is 1. The van der Waals surface area contributed by atoms with Crippen LogP contribution in [0.3, 0.4) is 0 Å². The van der Waals surface area contributed by atoms with Gasteiger partial charge in [-0.3, -0.25) is 10.1 Å². The van der Waals surface area contributed by atoms with Gasteiger partial charge in [-0.1, -0.05) is 33.1 Å². The maximum atomic E-state index is 12.5. The summed E-state index contributed by atoms with van der Waals surface area (Å²) in [5.74, 6) is 1.10. The maximum Gasteiger partial charge on any atom is 0.241 e. The third-order valence-electron chi connectivity index (χ3n) is 4.79. The fourth-order valence-electron chi connectivity index (χ4n) is 3.28. The summed E-state index contributed by atoms with van der Waals surface area (Å²) in [5.41, 5.74) is 0. The molecule has 1 N–H and O–H groups in total. The van der Waals surface area contributed by atoms with Gasteiger partial charge in [0.05, 0.1) is 12.2 Å². The van der Waals surface area contributed by atoms with Crippen molar-refractivity contribution in [1.82, 2.24) is 10.2 Å². The molecule has 2 aliphatic rings. The van der Waals surface area contributed by atoms with Crippen molar-refractivity contribution in [3.05, 3.63) is 0 Å². The molecule has 1 amide bonds. The van der Waals surface area contributed by atoms with E-state index in [4.69, 9.17) is 0 Å². The highest BCUT2D eigenvalue weighted by Crippen LogP contribution is 2.34. The van der Waals surface area contributed by atoms with Crippen molar-refractivity contribution < 1.29 is 4.79 Å². The van der Waals surface area contributed by atoms with E-state index >= 15 is 0 Å². The molecule has 3 unspecified atom stereocenters. The number of nitrogens with zero attached hydrogens (tertiary/aromatic N) is 1. The molecular formula is C15H28N2O. The van der Waals surface area contributed by atoms with Gasteiger partial charge in [0.1, 0.15) is 0 Å². The normalized spacial score (nSPS) is 30.6. The Morgan fingerprint density at radius 1 is 1.39 bits per heavy atom. The topological polar surface area (TPSA) is 32.3 Å². The molecule has 0 radical (unpaired) electrons. The van der Waals surface area contributed by atoms with Gasteiger partial charge in [-0.05, 0) is 38.5 Å². The average molecular weight is 252 g/mol. The van der Waals surface area contributed by atoms with Crippen LogP contribution in [0.25, 0.3) is 0 Å². The second kappa shape index (κ2) is 6.05. The van der Waals surface area contributed by atoms with Crippen LogP contribution < -0.4 is 5.32 Å². The Bertz CT molecular complexity index is 288. The summed E-state index contributed by atoms with van der Waals surface area (Å²) in [6.45, 7) is 6.60. The molecule has 2 rings (SSSR count). The molecule has 2 fully saturated rings. The van der Waals surface area contributed by atoms with Gasteiger partial charge in [0, 0.05) is 6.04 Å². The summed E-state index contributed by atoms with van der Waals surface area (Å²) in [7, 11) is 0. The van der Waals surface area contributed by atoms with E-state index in [-0.39, 0.29) is 12.2 Å². The van der Waals surface area contributed by atoms with Crippen LogP contribution in [0.4, 0.5) is 0 Å². The van der Waals surface area contributed by atoms with Crippen LogP contribution in [0, 0.1) is 5.92 Å². The minimum absolute atomic E-state index is 0.0810. The van der Waals surface area contributed by atoms with Gasteiger partial charge in [0.15, 0.2) is 0 Å². The minimum atomic E-state index is 0.0810. The Labute approximate surface area is 111 Å². The predicted molar refractivity (Wildman–Crippen MR) is 74.2 cm³/mol. The molecule has 1 saturated carbocycles. The van der Waals surface area contributed by atoms with Crippen molar-refractivity contribution in [2.75, 3.05) is 0 Å². The molecule has 0 aromatic rings. The van der Waals surface area contributed by atoms with E-state index in [2.05, 4.69) is 31.0 Å². The van der Waals surface area contributed by atoms with Crippen molar-refractivity contribution in [2.45, 2.75) is 84.0 Å². The van der Waals surface area contributed by atoms with Gasteiger partial charge in [-0.2, -0.15) is 0 Å². The smallest absolute Gasteiger partial charge is 0.241 e. The number of rotatable bonds is 6. The summed E-state index contributed by atoms with van der Waals surface area (Å²) in [6.07, 6.45) is 8.56. The molecule has 0 bridgehead atoms. The zero-order valence-electron chi connectivity index (χ0n) is 12.1. The number of nitrogens with one attached hydrogen (secondary N) is 1. The summed E-state index contributed by atoms with van der Waals surface area (Å²) >= 11 is 0. The molecule has 104 valence electrons. The van der Waals surface area contributed by atoms with E-state index < -0.39 is 0 Å². The molecule has 1 aliphatic heterocycles. The van der Waals surface area contributed by atoms with Crippen molar-refractivity contribution in [3.63, 3.8) is 0 Å². The third-order valence-corrected chi connectivity index (χ3v) is 4.79. The quantitative estimate of drug-likeness (QED) is 0.788. The fraction of sp³-hybridized carbons (Fsp3) is 0.933. The van der Waals surface area contributed by atoms with Crippen molar-refractivity contribution in [3.8, 4) is 0 Å². The Morgan fingerprint density at radius 2 is 2.11 bits per heavy atom. The van der Waals surface area contributed by atoms with E-state index in [0.29, 0.717) is 11.9 Å². The lowest BCUT2D eigenvalue weighted by molar-refractivity contribution is -0.133. The Balaban J connectivity index is 2.00. The highest BCUT2D eigenvalue weighted by molar-refractivity contribution is 5.84. The molecule has 3 heteroatoms. The molecule has 0 aromatic heterocycles. The second-order valence-corrected chi connectivity index (χ2v) is 5.96. The Morgan fingerprint density at radius 3 is 2.61 bits per heavy atom. The number of carbonyl (C=O) groups is 1. The largest absolute Gasteiger partial charge is 0.323 e. The number of amides is 1. The highest BCUT2D eigenvalue weighted by atomic mass is 16.2. The van der Waals surface area contributed by atoms with Gasteiger partial charge in [-0.25, -0.2) is 0 Å². The summed E-state index contributed by atoms with van der Waals surface area (Å²) in [4.78, 5) is 14.7. The summed E-state index contributed by atoms with van der Waals surface area (Å²) in [5, 5.41) is 3.54. The molecule has 0 aromatic carbocycles. The molecule has 3 atom stereocenters. The van der Waals surface area contributed by atoms with Gasteiger partial charge in [0.25, 0.3) is 0 Å². The molecular weight excluding hydrogens is 224 g/mol. The number of carbonyl (C=O) groups excluding carboxylic acids is 1. The minimum Gasteiger partial charge on any atom is -0.323 e. The summed E-state index contributed by atoms with van der Waals surface area (Å²) in [6, 6.07) is 0.507. The summed E-state index contributed by atoms with van der Waals surface area (Å²) < 4.78 is 0. The highest BCUT2D eigenvalue weighted by Gasteiger charge is 2.42. The van der Waals surface area contributed by atoms with E-state index in [1.165, 1.54) is 25.7 Å². The van der Waals surface area contributed by atoms with Crippen molar-refractivity contribution in [2.24, 2.45) is 5.92 Å². The number of hydrogen-bond acceptors (Lipinski definition) is 2. The van der Waals surface area contributed by atoms with Gasteiger partial charge in [0.2, 0.25) is 5.91 Å². The van der Waals surface area contributed by atoms with Crippen molar-refractivity contribution >= 4 is 5.91 Å². The molecule has 18 heavy (non-hydrogen) atoms. The molecule has 1 aliphatic carbocycles. The van der Waals surface area contributed by atoms with Crippen LogP contribution in [0.5, 0.6) is 0 Å². The van der Waals surface area contributed by atoms with Crippen molar-refractivity contribution in [1.29, 1.82) is 0 Å². The predicted octanol–water partition coefficient (Wildman–Crippen LogP) is 2.90. The van der Waals surface area contributed by atoms with E-state index in [1.807, 2.05) is 0 Å². The monoisotopic (exact) mass is 252 g/mol. The molecule has 3 nitrogen and oxygen atoms in total. The zero-order chi connectivity index (χ0) is 13.1. The molecule has 0 spiro atoms. The van der Waals surface area contributed by atoms with Crippen LogP contribution in [0.2, 0.25) is 0 Å². The fourth-order valence-corrected chi connectivity index (χ4v) is 3.28. The first-order chi connectivity index (χ1) is 8.69. The Hall–Kier alpha value is -0.570. The SMILES string of the molecule is CCCCC1NC(CC)N(C(C)C2CCC2)C1=O. The van der Waals surface area contributed by atoms with E-state index in [1.54, 1.807) is 0 Å². The number of hydrogen-bond donors (Lipinski definition) is 1. The van der Waals surface area contributed by atoms with Crippen LogP contribution in [-0.2, 0) is 4.79 Å². The third kappa shape index (κ3) is 2.56.